The average molecular weight is 499 g/mol. The minimum atomic E-state index is -1.12. The molecule has 1 fully saturated rings. The molecule has 0 aliphatic carbocycles. The number of fused-ring (bicyclic) bond motifs is 3. The number of thiazole rings is 1. The Morgan fingerprint density at radius 3 is 2.79 bits per heavy atom. The molecule has 3 aromatic heterocycles. The predicted octanol–water partition coefficient (Wildman–Crippen LogP) is 4.50. The highest BCUT2D eigenvalue weighted by Crippen LogP contribution is 2.36. The molecule has 8 nitrogen and oxygen atoms in total. The highest BCUT2D eigenvalue weighted by molar-refractivity contribution is 7.09. The van der Waals surface area contributed by atoms with Gasteiger partial charge in [0, 0.05) is 81.3 Å². The van der Waals surface area contributed by atoms with Gasteiger partial charge in [0.2, 0.25) is 0 Å². The number of carbonyl (C=O) groups excluding carboxylic acids is 1. The first kappa shape index (κ1) is 23.5. The van der Waals surface area contributed by atoms with Crippen molar-refractivity contribution in [3.8, 4) is 0 Å². The highest BCUT2D eigenvalue weighted by Gasteiger charge is 2.34. The van der Waals surface area contributed by atoms with Crippen molar-refractivity contribution in [1.29, 1.82) is 0 Å². The maximum atomic E-state index is 13.1. The number of likely N-dealkylation sites (tertiary alicyclic amines) is 1. The second kappa shape index (κ2) is 9.77. The quantitative estimate of drug-likeness (QED) is 0.366. The fraction of sp³-hybridized carbons (Fsp3) is 0.542. The molecule has 1 saturated heterocycles. The molecule has 0 saturated carbocycles. The Morgan fingerprint density at radius 2 is 2.06 bits per heavy atom. The Bertz CT molecular complexity index is 1130. The number of urea groups is 1. The normalized spacial score (nSPS) is 17.9. The van der Waals surface area contributed by atoms with Crippen LogP contribution in [0.5, 0.6) is 0 Å². The molecule has 0 radical (unpaired) electrons. The second-order valence-electron chi connectivity index (χ2n) is 10.5. The van der Waals surface area contributed by atoms with Crippen molar-refractivity contribution in [2.24, 2.45) is 0 Å². The number of ether oxygens (including phenoxy) is 1. The topological polar surface area (TPSA) is 75.5 Å². The summed E-state index contributed by atoms with van der Waals surface area (Å²) in [5, 5.41) is 4.10. The third-order valence-corrected chi connectivity index (χ3v) is 9.21. The van der Waals surface area contributed by atoms with E-state index in [0.717, 1.165) is 67.4 Å². The van der Waals surface area contributed by atoms with Gasteiger partial charge in [0.05, 0.1) is 11.2 Å². The van der Waals surface area contributed by atoms with E-state index in [1.165, 1.54) is 4.88 Å². The first-order chi connectivity index (χ1) is 16.4. The minimum Gasteiger partial charge on any atom is -0.361 e. The van der Waals surface area contributed by atoms with E-state index in [9.17, 15) is 4.79 Å². The van der Waals surface area contributed by atoms with Gasteiger partial charge in [0.25, 0.3) is 0 Å². The van der Waals surface area contributed by atoms with Gasteiger partial charge in [-0.2, -0.15) is 0 Å². The van der Waals surface area contributed by atoms with Crippen LogP contribution in [0.15, 0.2) is 30.2 Å². The Balaban J connectivity index is 1.32. The summed E-state index contributed by atoms with van der Waals surface area (Å²) in [5.41, 5.74) is 4.88. The number of pyridine rings is 1. The molecule has 0 spiro atoms. The monoisotopic (exact) mass is 498 g/mol. The number of anilines is 1. The van der Waals surface area contributed by atoms with Crippen molar-refractivity contribution >= 4 is 42.2 Å². The zero-order valence-electron chi connectivity index (χ0n) is 20.3. The molecule has 2 aliphatic heterocycles. The Morgan fingerprint density at radius 1 is 1.24 bits per heavy atom. The first-order valence-corrected chi connectivity index (χ1v) is 16.7. The van der Waals surface area contributed by atoms with Gasteiger partial charge in [-0.3, -0.25) is 14.8 Å². The number of nitrogens with zero attached hydrogens (tertiary/aromatic N) is 5. The summed E-state index contributed by atoms with van der Waals surface area (Å²) in [7, 11) is -1.12. The van der Waals surface area contributed by atoms with Crippen molar-refractivity contribution in [3.63, 3.8) is 0 Å². The molecule has 2 amide bonds. The predicted molar refractivity (Wildman–Crippen MR) is 139 cm³/mol. The maximum Gasteiger partial charge on any atom is 0.322 e. The van der Waals surface area contributed by atoms with Crippen LogP contribution in [0.25, 0.3) is 11.0 Å². The van der Waals surface area contributed by atoms with Crippen molar-refractivity contribution in [2.75, 3.05) is 24.6 Å². The molecule has 3 aromatic rings. The van der Waals surface area contributed by atoms with Gasteiger partial charge in [0.1, 0.15) is 12.4 Å². The number of carbonyl (C=O) groups is 1. The van der Waals surface area contributed by atoms with Crippen molar-refractivity contribution in [2.45, 2.75) is 64.4 Å². The SMILES string of the molecule is C[Si](C)(C)CCOCn1ccc2c3c(cnc21)CNC(=O)N3C1CCN(Cc2cncs2)CC1. The Kier molecular flexibility index (Phi) is 6.74. The molecular formula is C24H34N6O2SSi. The van der Waals surface area contributed by atoms with Crippen LogP contribution in [0.2, 0.25) is 25.7 Å². The lowest BCUT2D eigenvalue weighted by molar-refractivity contribution is 0.0899. The fourth-order valence-corrected chi connectivity index (χ4v) is 6.20. The molecular weight excluding hydrogens is 464 g/mol. The molecule has 0 atom stereocenters. The number of amides is 2. The summed E-state index contributed by atoms with van der Waals surface area (Å²) in [5.74, 6) is 0. The van der Waals surface area contributed by atoms with Gasteiger partial charge < -0.3 is 14.6 Å². The van der Waals surface area contributed by atoms with E-state index in [4.69, 9.17) is 9.72 Å². The standard InChI is InChI=1S/C24H34N6O2SSi/c1-34(2,3)11-10-32-17-29-9-6-21-22-18(12-26-23(21)29)13-27-24(31)30(22)19-4-7-28(8-5-19)15-20-14-25-16-33-20/h6,9,12,14,16,19H,4-5,7-8,10-11,13,15,17H2,1-3H3,(H,27,31). The van der Waals surface area contributed by atoms with Crippen LogP contribution in [-0.4, -0.2) is 59.3 Å². The summed E-state index contributed by atoms with van der Waals surface area (Å²) in [6, 6.07) is 3.41. The number of hydrogen-bond acceptors (Lipinski definition) is 6. The van der Waals surface area contributed by atoms with E-state index in [-0.39, 0.29) is 12.1 Å². The van der Waals surface area contributed by atoms with Crippen LogP contribution in [0.1, 0.15) is 23.3 Å². The summed E-state index contributed by atoms with van der Waals surface area (Å²) in [6.45, 7) is 11.8. The van der Waals surface area contributed by atoms with E-state index in [1.54, 1.807) is 11.3 Å². The summed E-state index contributed by atoms with van der Waals surface area (Å²) < 4.78 is 8.04. The Hall–Kier alpha value is -2.27. The lowest BCUT2D eigenvalue weighted by Gasteiger charge is -2.41. The average Bonchev–Trinajstić information content (AvgIpc) is 3.47. The zero-order valence-corrected chi connectivity index (χ0v) is 22.1. The molecule has 182 valence electrons. The summed E-state index contributed by atoms with van der Waals surface area (Å²) >= 11 is 1.70. The van der Waals surface area contributed by atoms with Gasteiger partial charge in [-0.25, -0.2) is 9.78 Å². The van der Waals surface area contributed by atoms with Crippen molar-refractivity contribution < 1.29 is 9.53 Å². The number of piperidine rings is 1. The lowest BCUT2D eigenvalue weighted by atomic mass is 9.99. The van der Waals surface area contributed by atoms with E-state index in [1.807, 2.05) is 29.0 Å². The molecule has 0 unspecified atom stereocenters. The number of rotatable bonds is 8. The largest absolute Gasteiger partial charge is 0.361 e. The van der Waals surface area contributed by atoms with Gasteiger partial charge >= 0.3 is 6.03 Å². The van der Waals surface area contributed by atoms with Crippen LogP contribution in [0, 0.1) is 0 Å². The van der Waals surface area contributed by atoms with Crippen molar-refractivity contribution in [1.82, 2.24) is 24.8 Å². The smallest absolute Gasteiger partial charge is 0.322 e. The number of nitrogens with one attached hydrogen (secondary N) is 1. The van der Waals surface area contributed by atoms with Crippen LogP contribution in [0.3, 0.4) is 0 Å². The molecule has 34 heavy (non-hydrogen) atoms. The maximum absolute atomic E-state index is 13.1. The van der Waals surface area contributed by atoms with E-state index >= 15 is 0 Å². The zero-order chi connectivity index (χ0) is 23.7. The van der Waals surface area contributed by atoms with E-state index < -0.39 is 8.07 Å². The third kappa shape index (κ3) is 5.05. The van der Waals surface area contributed by atoms with Gasteiger partial charge in [0.15, 0.2) is 0 Å². The summed E-state index contributed by atoms with van der Waals surface area (Å²) in [6.07, 6.45) is 7.82. The number of hydrogen-bond donors (Lipinski definition) is 1. The first-order valence-electron chi connectivity index (χ1n) is 12.1. The molecule has 2 aliphatic rings. The molecule has 1 N–H and O–H groups in total. The second-order valence-corrected chi connectivity index (χ2v) is 17.1. The van der Waals surface area contributed by atoms with Gasteiger partial charge in [-0.1, -0.05) is 19.6 Å². The molecule has 10 heteroatoms. The van der Waals surface area contributed by atoms with E-state index in [0.29, 0.717) is 13.3 Å². The van der Waals surface area contributed by atoms with Crippen molar-refractivity contribution in [3.05, 3.63) is 40.6 Å². The third-order valence-electron chi connectivity index (χ3n) is 6.74. The Labute approximate surface area is 205 Å². The molecule has 5 heterocycles. The molecule has 5 rings (SSSR count). The fourth-order valence-electron chi connectivity index (χ4n) is 4.81. The van der Waals surface area contributed by atoms with Crippen LogP contribution in [-0.2, 0) is 24.6 Å². The van der Waals surface area contributed by atoms with Crippen LogP contribution < -0.4 is 10.2 Å². The number of aromatic nitrogens is 3. The highest BCUT2D eigenvalue weighted by atomic mass is 32.1. The molecule has 0 bridgehead atoms. The van der Waals surface area contributed by atoms with Gasteiger partial charge in [-0.05, 0) is 25.0 Å². The van der Waals surface area contributed by atoms with E-state index in [2.05, 4.69) is 45.5 Å². The lowest BCUT2D eigenvalue weighted by Crippen LogP contribution is -2.53. The molecule has 0 aromatic carbocycles. The minimum absolute atomic E-state index is 0.0000395. The summed E-state index contributed by atoms with van der Waals surface area (Å²) in [4.78, 5) is 27.8. The van der Waals surface area contributed by atoms with Crippen LogP contribution >= 0.6 is 11.3 Å². The van der Waals surface area contributed by atoms with Crippen LogP contribution in [0.4, 0.5) is 10.5 Å². The van der Waals surface area contributed by atoms with Gasteiger partial charge in [-0.15, -0.1) is 11.3 Å².